The molecule has 0 saturated carbocycles. The Hall–Kier alpha value is -1.51. The van der Waals surface area contributed by atoms with Gasteiger partial charge < -0.3 is 10.5 Å². The van der Waals surface area contributed by atoms with Crippen molar-refractivity contribution >= 4 is 11.7 Å². The molecule has 2 N–H and O–H groups in total. The van der Waals surface area contributed by atoms with Gasteiger partial charge in [-0.2, -0.15) is 0 Å². The highest BCUT2D eigenvalue weighted by Crippen LogP contribution is 2.16. The number of carbonyl (C=O) groups is 1. The van der Waals surface area contributed by atoms with Crippen LogP contribution >= 0.6 is 0 Å². The summed E-state index contributed by atoms with van der Waals surface area (Å²) in [6, 6.07) is 5.19. The Morgan fingerprint density at radius 3 is 2.44 bits per heavy atom. The van der Waals surface area contributed by atoms with Gasteiger partial charge in [-0.1, -0.05) is 13.8 Å². The molecule has 0 saturated heterocycles. The van der Waals surface area contributed by atoms with Gasteiger partial charge in [0, 0.05) is 5.69 Å². The highest BCUT2D eigenvalue weighted by molar-refractivity contribution is 5.91. The van der Waals surface area contributed by atoms with Crippen LogP contribution in [0.15, 0.2) is 18.2 Å². The van der Waals surface area contributed by atoms with E-state index in [9.17, 15) is 4.79 Å². The van der Waals surface area contributed by atoms with Gasteiger partial charge in [-0.15, -0.1) is 0 Å². The molecule has 3 nitrogen and oxygen atoms in total. The normalized spacial score (nSPS) is 12.6. The number of hydrogen-bond acceptors (Lipinski definition) is 3. The first-order valence-corrected chi connectivity index (χ1v) is 5.49. The van der Waals surface area contributed by atoms with Gasteiger partial charge in [-0.05, 0) is 43.5 Å². The highest BCUT2D eigenvalue weighted by atomic mass is 16.5. The Kier molecular flexibility index (Phi) is 3.93. The molecule has 0 amide bonds. The van der Waals surface area contributed by atoms with E-state index in [2.05, 4.69) is 0 Å². The van der Waals surface area contributed by atoms with Gasteiger partial charge in [0.25, 0.3) is 0 Å². The Morgan fingerprint density at radius 1 is 1.31 bits per heavy atom. The number of nitrogens with two attached hydrogens (primary N) is 1. The second kappa shape index (κ2) is 5.01. The van der Waals surface area contributed by atoms with Crippen LogP contribution in [0.5, 0.6) is 0 Å². The summed E-state index contributed by atoms with van der Waals surface area (Å²) in [5, 5.41) is 0. The molecule has 1 atom stereocenters. The fourth-order valence-electron chi connectivity index (χ4n) is 1.28. The van der Waals surface area contributed by atoms with Gasteiger partial charge in [0.2, 0.25) is 0 Å². The van der Waals surface area contributed by atoms with Crippen LogP contribution in [0.25, 0.3) is 0 Å². The van der Waals surface area contributed by atoms with E-state index in [0.717, 1.165) is 5.56 Å². The smallest absolute Gasteiger partial charge is 0.338 e. The summed E-state index contributed by atoms with van der Waals surface area (Å²) in [7, 11) is 0. The number of hydrogen-bond donors (Lipinski definition) is 1. The molecule has 0 bridgehead atoms. The third kappa shape index (κ3) is 2.99. The van der Waals surface area contributed by atoms with Crippen LogP contribution in [0.4, 0.5) is 5.69 Å². The zero-order valence-electron chi connectivity index (χ0n) is 10.3. The van der Waals surface area contributed by atoms with Gasteiger partial charge >= 0.3 is 5.97 Å². The zero-order valence-corrected chi connectivity index (χ0v) is 10.3. The molecule has 0 spiro atoms. The van der Waals surface area contributed by atoms with Crippen LogP contribution in [-0.4, -0.2) is 12.1 Å². The van der Waals surface area contributed by atoms with Crippen molar-refractivity contribution in [1.29, 1.82) is 0 Å². The number of nitrogen functional groups attached to an aromatic ring is 1. The van der Waals surface area contributed by atoms with Crippen molar-refractivity contribution in [2.24, 2.45) is 5.92 Å². The average Bonchev–Trinajstić information content (AvgIpc) is 2.16. The number of rotatable bonds is 3. The van der Waals surface area contributed by atoms with Crippen molar-refractivity contribution in [3.8, 4) is 0 Å². The minimum absolute atomic E-state index is 0.0792. The zero-order chi connectivity index (χ0) is 12.3. The van der Waals surface area contributed by atoms with Gasteiger partial charge in [0.05, 0.1) is 5.56 Å². The van der Waals surface area contributed by atoms with Crippen LogP contribution in [0.3, 0.4) is 0 Å². The SMILES string of the molecule is Cc1cc(N)ccc1C(=O)OC(C)C(C)C. The van der Waals surface area contributed by atoms with Gasteiger partial charge in [0.1, 0.15) is 6.10 Å². The average molecular weight is 221 g/mol. The lowest BCUT2D eigenvalue weighted by Crippen LogP contribution is -2.20. The molecule has 0 radical (unpaired) electrons. The van der Waals surface area contributed by atoms with Gasteiger partial charge in [-0.3, -0.25) is 0 Å². The monoisotopic (exact) mass is 221 g/mol. The molecular weight excluding hydrogens is 202 g/mol. The van der Waals surface area contributed by atoms with Crippen molar-refractivity contribution in [3.63, 3.8) is 0 Å². The first-order chi connectivity index (χ1) is 7.41. The molecule has 88 valence electrons. The summed E-state index contributed by atoms with van der Waals surface area (Å²) in [4.78, 5) is 11.8. The van der Waals surface area contributed by atoms with Crippen molar-refractivity contribution < 1.29 is 9.53 Å². The number of benzene rings is 1. The maximum atomic E-state index is 11.8. The largest absolute Gasteiger partial charge is 0.459 e. The molecule has 0 aromatic heterocycles. The van der Waals surface area contributed by atoms with Crippen molar-refractivity contribution in [3.05, 3.63) is 29.3 Å². The van der Waals surface area contributed by atoms with Gasteiger partial charge in [-0.25, -0.2) is 4.79 Å². The standard InChI is InChI=1S/C13H19NO2/c1-8(2)10(4)16-13(15)12-6-5-11(14)7-9(12)3/h5-8,10H,14H2,1-4H3. The molecule has 1 unspecified atom stereocenters. The van der Waals surface area contributed by atoms with E-state index in [0.29, 0.717) is 17.2 Å². The molecule has 16 heavy (non-hydrogen) atoms. The van der Waals surface area contributed by atoms with Crippen LogP contribution < -0.4 is 5.73 Å². The predicted octanol–water partition coefficient (Wildman–Crippen LogP) is 2.78. The molecule has 0 aliphatic carbocycles. The summed E-state index contributed by atoms with van der Waals surface area (Å²) < 4.78 is 5.34. The van der Waals surface area contributed by atoms with E-state index in [1.54, 1.807) is 18.2 Å². The fraction of sp³-hybridized carbons (Fsp3) is 0.462. The van der Waals surface area contributed by atoms with Crippen LogP contribution in [0.1, 0.15) is 36.7 Å². The number of esters is 1. The Bertz CT molecular complexity index is 386. The quantitative estimate of drug-likeness (QED) is 0.630. The summed E-state index contributed by atoms with van der Waals surface area (Å²) in [5.41, 5.74) is 7.72. The Morgan fingerprint density at radius 2 is 1.94 bits per heavy atom. The van der Waals surface area contributed by atoms with Crippen molar-refractivity contribution in [2.45, 2.75) is 33.8 Å². The van der Waals surface area contributed by atoms with Crippen LogP contribution in [-0.2, 0) is 4.74 Å². The van der Waals surface area contributed by atoms with Crippen LogP contribution in [0, 0.1) is 12.8 Å². The Balaban J connectivity index is 2.81. The maximum Gasteiger partial charge on any atom is 0.338 e. The van der Waals surface area contributed by atoms with E-state index in [4.69, 9.17) is 10.5 Å². The minimum Gasteiger partial charge on any atom is -0.459 e. The van der Waals surface area contributed by atoms with E-state index in [-0.39, 0.29) is 12.1 Å². The van der Waals surface area contributed by atoms with Crippen molar-refractivity contribution in [1.82, 2.24) is 0 Å². The lowest BCUT2D eigenvalue weighted by molar-refractivity contribution is 0.0237. The number of aryl methyl sites for hydroxylation is 1. The topological polar surface area (TPSA) is 52.3 Å². The summed E-state index contributed by atoms with van der Waals surface area (Å²) >= 11 is 0. The summed E-state index contributed by atoms with van der Waals surface area (Å²) in [6.45, 7) is 7.80. The fourth-order valence-corrected chi connectivity index (χ4v) is 1.28. The number of carbonyl (C=O) groups excluding carboxylic acids is 1. The summed E-state index contributed by atoms with van der Waals surface area (Å²) in [6.07, 6.45) is -0.0792. The van der Waals surface area contributed by atoms with Gasteiger partial charge in [0.15, 0.2) is 0 Å². The maximum absolute atomic E-state index is 11.8. The highest BCUT2D eigenvalue weighted by Gasteiger charge is 2.16. The molecule has 0 heterocycles. The second-order valence-corrected chi connectivity index (χ2v) is 4.43. The molecule has 1 aromatic carbocycles. The molecular formula is C13H19NO2. The molecule has 1 aromatic rings. The predicted molar refractivity (Wildman–Crippen MR) is 65.3 cm³/mol. The third-order valence-corrected chi connectivity index (χ3v) is 2.70. The second-order valence-electron chi connectivity index (χ2n) is 4.43. The van der Waals surface area contributed by atoms with Crippen LogP contribution in [0.2, 0.25) is 0 Å². The first kappa shape index (κ1) is 12.6. The third-order valence-electron chi connectivity index (χ3n) is 2.70. The lowest BCUT2D eigenvalue weighted by atomic mass is 10.1. The Labute approximate surface area is 96.6 Å². The summed E-state index contributed by atoms with van der Waals surface area (Å²) in [5.74, 6) is 0.0386. The van der Waals surface area contributed by atoms with E-state index in [1.165, 1.54) is 0 Å². The number of ether oxygens (including phenoxy) is 1. The molecule has 0 aliphatic heterocycles. The molecule has 3 heteroatoms. The van der Waals surface area contributed by atoms with E-state index < -0.39 is 0 Å². The molecule has 0 aliphatic rings. The van der Waals surface area contributed by atoms with E-state index >= 15 is 0 Å². The van der Waals surface area contributed by atoms with E-state index in [1.807, 2.05) is 27.7 Å². The molecule has 0 fully saturated rings. The lowest BCUT2D eigenvalue weighted by Gasteiger charge is -2.17. The van der Waals surface area contributed by atoms with Crippen molar-refractivity contribution in [2.75, 3.05) is 5.73 Å². The molecule has 1 rings (SSSR count). The first-order valence-electron chi connectivity index (χ1n) is 5.49. The minimum atomic E-state index is -0.279. The number of anilines is 1.